The Morgan fingerprint density at radius 1 is 1.28 bits per heavy atom. The van der Waals surface area contributed by atoms with E-state index in [1.807, 2.05) is 26.8 Å². The van der Waals surface area contributed by atoms with Crippen molar-refractivity contribution in [2.75, 3.05) is 0 Å². The maximum absolute atomic E-state index is 12.3. The largest absolute Gasteiger partial charge is 0.242 e. The first-order valence-electron chi connectivity index (χ1n) is 6.70. The normalized spacial score (nSPS) is 19.5. The zero-order chi connectivity index (χ0) is 13.2. The predicted molar refractivity (Wildman–Crippen MR) is 77.6 cm³/mol. The van der Waals surface area contributed by atoms with Gasteiger partial charge in [0.2, 0.25) is 0 Å². The Morgan fingerprint density at radius 2 is 1.89 bits per heavy atom. The molecule has 0 amide bonds. The third kappa shape index (κ3) is 3.92. The van der Waals surface area contributed by atoms with Crippen LogP contribution in [0.5, 0.6) is 0 Å². The minimum Gasteiger partial charge on any atom is -0.242 e. The maximum Gasteiger partial charge on any atom is 0.0975 e. The molecule has 100 valence electrons. The van der Waals surface area contributed by atoms with E-state index in [2.05, 4.69) is 29.0 Å². The summed E-state index contributed by atoms with van der Waals surface area (Å²) in [6.07, 6.45) is 3.76. The number of hydrogen-bond donors (Lipinski definition) is 1. The molecule has 1 aliphatic carbocycles. The van der Waals surface area contributed by atoms with Gasteiger partial charge in [-0.2, -0.15) is 0 Å². The highest BCUT2D eigenvalue weighted by Gasteiger charge is 2.29. The van der Waals surface area contributed by atoms with Crippen molar-refractivity contribution < 1.29 is 4.21 Å². The molecular formula is C15H23NOS. The molecule has 1 N–H and O–H groups in total. The third-order valence-electron chi connectivity index (χ3n) is 3.27. The van der Waals surface area contributed by atoms with Crippen LogP contribution < -0.4 is 4.72 Å². The lowest BCUT2D eigenvalue weighted by molar-refractivity contribution is 0.541. The van der Waals surface area contributed by atoms with Gasteiger partial charge in [0.1, 0.15) is 0 Å². The summed E-state index contributed by atoms with van der Waals surface area (Å²) >= 11 is 0. The van der Waals surface area contributed by atoms with Crippen molar-refractivity contribution in [3.8, 4) is 0 Å². The molecule has 18 heavy (non-hydrogen) atoms. The van der Waals surface area contributed by atoms with Crippen molar-refractivity contribution in [1.82, 2.24) is 4.72 Å². The molecule has 0 aliphatic heterocycles. The van der Waals surface area contributed by atoms with Gasteiger partial charge in [0.15, 0.2) is 0 Å². The van der Waals surface area contributed by atoms with E-state index < -0.39 is 11.0 Å². The Labute approximate surface area is 113 Å². The van der Waals surface area contributed by atoms with Crippen LogP contribution in [0.4, 0.5) is 0 Å². The van der Waals surface area contributed by atoms with E-state index in [-0.39, 0.29) is 10.8 Å². The van der Waals surface area contributed by atoms with Crippen LogP contribution in [0.25, 0.3) is 0 Å². The van der Waals surface area contributed by atoms with Crippen LogP contribution in [0, 0.1) is 5.92 Å². The van der Waals surface area contributed by atoms with Gasteiger partial charge in [0, 0.05) is 6.04 Å². The van der Waals surface area contributed by atoms with Gasteiger partial charge in [0.25, 0.3) is 0 Å². The van der Waals surface area contributed by atoms with Gasteiger partial charge in [-0.1, -0.05) is 43.2 Å². The van der Waals surface area contributed by atoms with Gasteiger partial charge in [-0.25, -0.2) is 8.93 Å². The van der Waals surface area contributed by atoms with Crippen LogP contribution in [0.1, 0.15) is 51.6 Å². The molecule has 2 rings (SSSR count). The zero-order valence-corrected chi connectivity index (χ0v) is 12.3. The van der Waals surface area contributed by atoms with E-state index in [0.29, 0.717) is 0 Å². The highest BCUT2D eigenvalue weighted by Crippen LogP contribution is 2.38. The van der Waals surface area contributed by atoms with E-state index in [0.717, 1.165) is 12.3 Å². The molecule has 1 aromatic carbocycles. The summed E-state index contributed by atoms with van der Waals surface area (Å²) < 4.78 is 15.4. The Morgan fingerprint density at radius 3 is 2.39 bits per heavy atom. The summed E-state index contributed by atoms with van der Waals surface area (Å²) in [5, 5.41) is 0. The van der Waals surface area contributed by atoms with Gasteiger partial charge < -0.3 is 0 Å². The van der Waals surface area contributed by atoms with Gasteiger partial charge in [-0.15, -0.1) is 0 Å². The molecule has 1 aromatic rings. The summed E-state index contributed by atoms with van der Waals surface area (Å²) in [5.74, 6) is 0.819. The molecule has 1 saturated carbocycles. The van der Waals surface area contributed by atoms with E-state index in [4.69, 9.17) is 0 Å². The SMILES string of the molecule is CC(C)(C)S(=O)N[C@H](CC1CC1)c1ccccc1. The fourth-order valence-corrected chi connectivity index (χ4v) is 2.77. The summed E-state index contributed by atoms with van der Waals surface area (Å²) in [4.78, 5) is 0. The fraction of sp³-hybridized carbons (Fsp3) is 0.600. The molecule has 0 aromatic heterocycles. The lowest BCUT2D eigenvalue weighted by Crippen LogP contribution is -2.36. The number of nitrogens with one attached hydrogen (secondary N) is 1. The fourth-order valence-electron chi connectivity index (χ4n) is 1.93. The summed E-state index contributed by atoms with van der Waals surface area (Å²) in [6.45, 7) is 6.03. The Balaban J connectivity index is 2.08. The Kier molecular flexibility index (Phi) is 4.23. The highest BCUT2D eigenvalue weighted by molar-refractivity contribution is 7.84. The molecule has 2 nitrogen and oxygen atoms in total. The lowest BCUT2D eigenvalue weighted by atomic mass is 10.0. The minimum absolute atomic E-state index is 0.212. The van der Waals surface area contributed by atoms with Crippen LogP contribution in [0.2, 0.25) is 0 Å². The monoisotopic (exact) mass is 265 g/mol. The molecule has 2 atom stereocenters. The molecule has 1 fully saturated rings. The van der Waals surface area contributed by atoms with E-state index in [1.54, 1.807) is 0 Å². The third-order valence-corrected chi connectivity index (χ3v) is 4.88. The van der Waals surface area contributed by atoms with Crippen molar-refractivity contribution >= 4 is 11.0 Å². The van der Waals surface area contributed by atoms with Gasteiger partial charge in [0.05, 0.1) is 15.7 Å². The van der Waals surface area contributed by atoms with Crippen LogP contribution >= 0.6 is 0 Å². The molecule has 0 bridgehead atoms. The number of rotatable bonds is 5. The van der Waals surface area contributed by atoms with Gasteiger partial charge in [-0.3, -0.25) is 0 Å². The van der Waals surface area contributed by atoms with E-state index >= 15 is 0 Å². The first kappa shape index (κ1) is 13.8. The zero-order valence-electron chi connectivity index (χ0n) is 11.5. The first-order chi connectivity index (χ1) is 8.47. The summed E-state index contributed by atoms with van der Waals surface area (Å²) in [5.41, 5.74) is 1.25. The average Bonchev–Trinajstić information content (AvgIpc) is 3.12. The second kappa shape index (κ2) is 5.54. The quantitative estimate of drug-likeness (QED) is 0.866. The van der Waals surface area contributed by atoms with Gasteiger partial charge in [-0.05, 0) is 38.7 Å². The topological polar surface area (TPSA) is 29.1 Å². The van der Waals surface area contributed by atoms with Crippen molar-refractivity contribution in [3.05, 3.63) is 35.9 Å². The average molecular weight is 265 g/mol. The minimum atomic E-state index is -1.01. The van der Waals surface area contributed by atoms with Crippen LogP contribution in [0.3, 0.4) is 0 Å². The molecule has 0 spiro atoms. The van der Waals surface area contributed by atoms with Crippen molar-refractivity contribution in [3.63, 3.8) is 0 Å². The predicted octanol–water partition coefficient (Wildman–Crippen LogP) is 3.58. The maximum atomic E-state index is 12.3. The second-order valence-electron chi connectivity index (χ2n) is 6.14. The van der Waals surface area contributed by atoms with Crippen molar-refractivity contribution in [2.45, 2.75) is 50.8 Å². The molecule has 0 heterocycles. The smallest absolute Gasteiger partial charge is 0.0975 e. The van der Waals surface area contributed by atoms with E-state index in [1.165, 1.54) is 18.4 Å². The Bertz CT molecular complexity index is 406. The molecule has 0 saturated heterocycles. The summed E-state index contributed by atoms with van der Waals surface area (Å²) in [6, 6.07) is 10.6. The van der Waals surface area contributed by atoms with E-state index in [9.17, 15) is 4.21 Å². The first-order valence-corrected chi connectivity index (χ1v) is 7.85. The standard InChI is InChI=1S/C15H23NOS/c1-15(2,3)18(17)16-14(11-12-9-10-12)13-7-5-4-6-8-13/h4-8,12,14,16H,9-11H2,1-3H3/t14-,18?/m1/s1. The second-order valence-corrected chi connectivity index (χ2v) is 8.14. The molecule has 1 unspecified atom stereocenters. The van der Waals surface area contributed by atoms with Crippen LogP contribution in [0.15, 0.2) is 30.3 Å². The molecule has 1 aliphatic rings. The number of benzene rings is 1. The molecule has 3 heteroatoms. The Hall–Kier alpha value is -0.670. The molecule has 0 radical (unpaired) electrons. The number of hydrogen-bond acceptors (Lipinski definition) is 1. The van der Waals surface area contributed by atoms with Crippen molar-refractivity contribution in [2.24, 2.45) is 5.92 Å². The van der Waals surface area contributed by atoms with Crippen molar-refractivity contribution in [1.29, 1.82) is 0 Å². The van der Waals surface area contributed by atoms with Gasteiger partial charge >= 0.3 is 0 Å². The summed E-state index contributed by atoms with van der Waals surface area (Å²) in [7, 11) is -1.01. The highest BCUT2D eigenvalue weighted by atomic mass is 32.2. The van der Waals surface area contributed by atoms with Crippen LogP contribution in [-0.2, 0) is 11.0 Å². The molecular weight excluding hydrogens is 242 g/mol. The lowest BCUT2D eigenvalue weighted by Gasteiger charge is -2.24. The van der Waals surface area contributed by atoms with Crippen LogP contribution in [-0.4, -0.2) is 8.96 Å².